The summed E-state index contributed by atoms with van der Waals surface area (Å²) in [4.78, 5) is 23.4. The van der Waals surface area contributed by atoms with E-state index in [1.54, 1.807) is 6.20 Å². The Bertz CT molecular complexity index is 743. The minimum atomic E-state index is 0.343. The van der Waals surface area contributed by atoms with E-state index in [1.165, 1.54) is 37.7 Å². The van der Waals surface area contributed by atoms with Crippen LogP contribution in [0.5, 0.6) is 0 Å². The van der Waals surface area contributed by atoms with Crippen molar-refractivity contribution in [3.63, 3.8) is 0 Å². The predicted molar refractivity (Wildman–Crippen MR) is 101 cm³/mol. The molecule has 5 heteroatoms. The van der Waals surface area contributed by atoms with Crippen LogP contribution in [0.2, 0.25) is 0 Å². The third kappa shape index (κ3) is 3.67. The summed E-state index contributed by atoms with van der Waals surface area (Å²) in [6.45, 7) is 4.52. The van der Waals surface area contributed by atoms with Crippen LogP contribution in [0.1, 0.15) is 61.5 Å². The van der Waals surface area contributed by atoms with Crippen LogP contribution in [0, 0.1) is 12.8 Å². The Labute approximate surface area is 155 Å². The van der Waals surface area contributed by atoms with Gasteiger partial charge in [0.25, 0.3) is 0 Å². The molecule has 4 rings (SSSR count). The molecule has 3 heterocycles. The standard InChI is InChI=1S/C21H28N4O/c1-16-11-23-21(25(16)13-18-8-5-9-22-12-18)19-14-24(15-19)20(26)10-17-6-3-2-4-7-17/h5,8-9,11-12,17,19H,2-4,6-7,10,13-15H2,1H3. The highest BCUT2D eigenvalue weighted by molar-refractivity contribution is 5.77. The van der Waals surface area contributed by atoms with Crippen molar-refractivity contribution in [2.75, 3.05) is 13.1 Å². The van der Waals surface area contributed by atoms with Gasteiger partial charge in [0, 0.05) is 43.8 Å². The average Bonchev–Trinajstić information content (AvgIpc) is 2.96. The molecule has 2 fully saturated rings. The Morgan fingerprint density at radius 1 is 1.19 bits per heavy atom. The number of aromatic nitrogens is 3. The Hall–Kier alpha value is -2.17. The number of imidazole rings is 1. The lowest BCUT2D eigenvalue weighted by molar-refractivity contribution is -0.137. The number of nitrogens with zero attached hydrogens (tertiary/aromatic N) is 4. The van der Waals surface area contributed by atoms with E-state index in [9.17, 15) is 4.79 Å². The second-order valence-electron chi connectivity index (χ2n) is 7.91. The van der Waals surface area contributed by atoms with Gasteiger partial charge in [0.15, 0.2) is 0 Å². The lowest BCUT2D eigenvalue weighted by Gasteiger charge is -2.40. The van der Waals surface area contributed by atoms with Gasteiger partial charge in [-0.15, -0.1) is 0 Å². The van der Waals surface area contributed by atoms with Crippen molar-refractivity contribution < 1.29 is 4.79 Å². The first kappa shape index (κ1) is 17.3. The first-order valence-corrected chi connectivity index (χ1v) is 9.89. The summed E-state index contributed by atoms with van der Waals surface area (Å²) in [7, 11) is 0. The SMILES string of the molecule is Cc1cnc(C2CN(C(=O)CC3CCCCC3)C2)n1Cc1cccnc1. The molecule has 1 amide bonds. The maximum absolute atomic E-state index is 12.5. The topological polar surface area (TPSA) is 51.0 Å². The second kappa shape index (κ2) is 7.60. The number of carbonyl (C=O) groups excluding carboxylic acids is 1. The lowest BCUT2D eigenvalue weighted by Crippen LogP contribution is -2.49. The highest BCUT2D eigenvalue weighted by Gasteiger charge is 2.35. The summed E-state index contributed by atoms with van der Waals surface area (Å²) in [6.07, 6.45) is 12.8. The van der Waals surface area contributed by atoms with Gasteiger partial charge in [-0.3, -0.25) is 9.78 Å². The third-order valence-corrected chi connectivity index (χ3v) is 5.94. The smallest absolute Gasteiger partial charge is 0.222 e. The van der Waals surface area contributed by atoms with Crippen LogP contribution in [0.3, 0.4) is 0 Å². The number of aryl methyl sites for hydroxylation is 1. The maximum Gasteiger partial charge on any atom is 0.222 e. The molecule has 5 nitrogen and oxygen atoms in total. The number of amides is 1. The highest BCUT2D eigenvalue weighted by Crippen LogP contribution is 2.31. The summed E-state index contributed by atoms with van der Waals surface area (Å²) in [5.41, 5.74) is 2.34. The zero-order valence-electron chi connectivity index (χ0n) is 15.6. The molecule has 0 unspecified atom stereocenters. The summed E-state index contributed by atoms with van der Waals surface area (Å²) >= 11 is 0. The minimum Gasteiger partial charge on any atom is -0.341 e. The molecule has 0 radical (unpaired) electrons. The normalized spacial score (nSPS) is 18.7. The van der Waals surface area contributed by atoms with Crippen molar-refractivity contribution in [3.8, 4) is 0 Å². The molecule has 26 heavy (non-hydrogen) atoms. The van der Waals surface area contributed by atoms with Gasteiger partial charge in [-0.05, 0) is 37.3 Å². The number of rotatable bonds is 5. The molecule has 1 aliphatic heterocycles. The Kier molecular flexibility index (Phi) is 5.05. The molecule has 138 valence electrons. The van der Waals surface area contributed by atoms with Crippen LogP contribution in [0.25, 0.3) is 0 Å². The van der Waals surface area contributed by atoms with E-state index in [1.807, 2.05) is 23.4 Å². The summed E-state index contributed by atoms with van der Waals surface area (Å²) in [5.74, 6) is 2.42. The van der Waals surface area contributed by atoms with Crippen molar-refractivity contribution >= 4 is 5.91 Å². The Morgan fingerprint density at radius 3 is 2.73 bits per heavy atom. The molecule has 0 N–H and O–H groups in total. The fourth-order valence-corrected chi connectivity index (χ4v) is 4.30. The van der Waals surface area contributed by atoms with Gasteiger partial charge in [0.05, 0.1) is 12.5 Å². The monoisotopic (exact) mass is 352 g/mol. The number of likely N-dealkylation sites (tertiary alicyclic amines) is 1. The molecular formula is C21H28N4O. The lowest BCUT2D eigenvalue weighted by atomic mass is 9.86. The minimum absolute atomic E-state index is 0.343. The zero-order chi connectivity index (χ0) is 17.9. The third-order valence-electron chi connectivity index (χ3n) is 5.94. The predicted octanol–water partition coefficient (Wildman–Crippen LogP) is 3.53. The van der Waals surface area contributed by atoms with Crippen LogP contribution in [0.4, 0.5) is 0 Å². The van der Waals surface area contributed by atoms with Crippen molar-refractivity contribution in [1.29, 1.82) is 0 Å². The molecule has 1 saturated carbocycles. The van der Waals surface area contributed by atoms with Crippen LogP contribution in [-0.2, 0) is 11.3 Å². The van der Waals surface area contributed by atoms with Gasteiger partial charge >= 0.3 is 0 Å². The molecule has 0 bridgehead atoms. The van der Waals surface area contributed by atoms with Gasteiger partial charge in [-0.25, -0.2) is 4.98 Å². The van der Waals surface area contributed by atoms with E-state index in [-0.39, 0.29) is 0 Å². The average molecular weight is 352 g/mol. The molecule has 1 saturated heterocycles. The fraction of sp³-hybridized carbons (Fsp3) is 0.571. The second-order valence-corrected chi connectivity index (χ2v) is 7.91. The molecule has 1 aliphatic carbocycles. The first-order chi connectivity index (χ1) is 12.7. The van der Waals surface area contributed by atoms with Crippen molar-refractivity contribution in [1.82, 2.24) is 19.4 Å². The largest absolute Gasteiger partial charge is 0.341 e. The van der Waals surface area contributed by atoms with E-state index in [2.05, 4.69) is 27.5 Å². The number of carbonyl (C=O) groups is 1. The van der Waals surface area contributed by atoms with E-state index < -0.39 is 0 Å². The van der Waals surface area contributed by atoms with Gasteiger partial charge in [-0.1, -0.05) is 25.3 Å². The highest BCUT2D eigenvalue weighted by atomic mass is 16.2. The van der Waals surface area contributed by atoms with Crippen LogP contribution < -0.4 is 0 Å². The molecule has 2 aromatic heterocycles. The van der Waals surface area contributed by atoms with E-state index >= 15 is 0 Å². The van der Waals surface area contributed by atoms with Crippen molar-refractivity contribution in [2.45, 2.75) is 57.9 Å². The quantitative estimate of drug-likeness (QED) is 0.827. The molecule has 0 spiro atoms. The van der Waals surface area contributed by atoms with Crippen molar-refractivity contribution in [2.24, 2.45) is 5.92 Å². The van der Waals surface area contributed by atoms with E-state index in [0.29, 0.717) is 17.7 Å². The van der Waals surface area contributed by atoms with E-state index in [4.69, 9.17) is 0 Å². The van der Waals surface area contributed by atoms with Crippen molar-refractivity contribution in [3.05, 3.63) is 47.8 Å². The fourth-order valence-electron chi connectivity index (χ4n) is 4.30. The van der Waals surface area contributed by atoms with Gasteiger partial charge in [0.2, 0.25) is 5.91 Å². The number of hydrogen-bond acceptors (Lipinski definition) is 3. The number of pyridine rings is 1. The number of hydrogen-bond donors (Lipinski definition) is 0. The van der Waals surface area contributed by atoms with Gasteiger partial charge in [-0.2, -0.15) is 0 Å². The molecule has 0 atom stereocenters. The molecule has 2 aromatic rings. The Morgan fingerprint density at radius 2 is 2.00 bits per heavy atom. The van der Waals surface area contributed by atoms with Crippen LogP contribution >= 0.6 is 0 Å². The van der Waals surface area contributed by atoms with E-state index in [0.717, 1.165) is 37.6 Å². The van der Waals surface area contributed by atoms with Gasteiger partial charge in [0.1, 0.15) is 5.82 Å². The van der Waals surface area contributed by atoms with Crippen LogP contribution in [0.15, 0.2) is 30.7 Å². The zero-order valence-corrected chi connectivity index (χ0v) is 15.6. The summed E-state index contributed by atoms with van der Waals surface area (Å²) in [6, 6.07) is 4.06. The maximum atomic E-state index is 12.5. The molecule has 2 aliphatic rings. The summed E-state index contributed by atoms with van der Waals surface area (Å²) in [5, 5.41) is 0. The van der Waals surface area contributed by atoms with Crippen LogP contribution in [-0.4, -0.2) is 38.4 Å². The Balaban J connectivity index is 1.36. The summed E-state index contributed by atoms with van der Waals surface area (Å²) < 4.78 is 2.27. The van der Waals surface area contributed by atoms with Gasteiger partial charge < -0.3 is 9.47 Å². The molecular weight excluding hydrogens is 324 g/mol. The first-order valence-electron chi connectivity index (χ1n) is 9.89. The molecule has 0 aromatic carbocycles.